The van der Waals surface area contributed by atoms with E-state index in [0.29, 0.717) is 40.9 Å². The normalized spacial score (nSPS) is 47.9. The molecular formula is C39H62N2O2. The second kappa shape index (κ2) is 9.92. The Morgan fingerprint density at radius 3 is 2.23 bits per heavy atom. The van der Waals surface area contributed by atoms with Gasteiger partial charge in [0.15, 0.2) is 5.78 Å². The molecule has 7 rings (SSSR count). The van der Waals surface area contributed by atoms with E-state index in [9.17, 15) is 9.59 Å². The van der Waals surface area contributed by atoms with Crippen LogP contribution in [0.15, 0.2) is 11.1 Å². The molecule has 4 heteroatoms. The van der Waals surface area contributed by atoms with Crippen LogP contribution >= 0.6 is 0 Å². The van der Waals surface area contributed by atoms with Crippen LogP contribution in [-0.4, -0.2) is 53.7 Å². The fraction of sp³-hybridized carbons (Fsp3) is 0.897. The third-order valence-corrected chi connectivity index (χ3v) is 16.5. The lowest BCUT2D eigenvalue weighted by atomic mass is 9.32. The number of carbonyl (C=O) groups is 2. The number of nitrogens with zero attached hydrogens (tertiary/aromatic N) is 2. The van der Waals surface area contributed by atoms with Gasteiger partial charge in [-0.15, -0.1) is 0 Å². The van der Waals surface area contributed by atoms with Crippen molar-refractivity contribution in [3.05, 3.63) is 11.1 Å². The fourth-order valence-electron chi connectivity index (χ4n) is 13.7. The van der Waals surface area contributed by atoms with Gasteiger partial charge in [-0.2, -0.15) is 0 Å². The highest BCUT2D eigenvalue weighted by Crippen LogP contribution is 2.77. The molecule has 0 N–H and O–H groups in total. The molecule has 5 aliphatic carbocycles. The van der Waals surface area contributed by atoms with Crippen molar-refractivity contribution >= 4 is 11.7 Å². The largest absolute Gasteiger partial charge is 0.340 e. The minimum atomic E-state index is -0.576. The number of rotatable bonds is 3. The Hall–Kier alpha value is -1.16. The minimum Gasteiger partial charge on any atom is -0.340 e. The first-order valence-corrected chi connectivity index (χ1v) is 18.5. The van der Waals surface area contributed by atoms with Crippen LogP contribution in [0.25, 0.3) is 0 Å². The minimum absolute atomic E-state index is 0.143. The van der Waals surface area contributed by atoms with E-state index in [1.54, 1.807) is 0 Å². The Morgan fingerprint density at radius 2 is 1.53 bits per heavy atom. The number of ketones is 1. The number of hydrogen-bond donors (Lipinski definition) is 0. The van der Waals surface area contributed by atoms with Crippen LogP contribution in [-0.2, 0) is 9.59 Å². The highest BCUT2D eigenvalue weighted by atomic mass is 16.2. The molecule has 240 valence electrons. The van der Waals surface area contributed by atoms with E-state index in [4.69, 9.17) is 0 Å². The molecule has 2 saturated heterocycles. The lowest BCUT2D eigenvalue weighted by molar-refractivity contribution is -0.220. The van der Waals surface area contributed by atoms with Crippen molar-refractivity contribution < 1.29 is 9.59 Å². The van der Waals surface area contributed by atoms with Gasteiger partial charge in [-0.25, -0.2) is 0 Å². The first kappa shape index (κ1) is 30.5. The van der Waals surface area contributed by atoms with E-state index < -0.39 is 5.41 Å². The molecule has 0 bridgehead atoms. The van der Waals surface area contributed by atoms with Gasteiger partial charge in [-0.1, -0.05) is 55.4 Å². The van der Waals surface area contributed by atoms with Gasteiger partial charge in [0, 0.05) is 25.6 Å². The van der Waals surface area contributed by atoms with Crippen LogP contribution in [0, 0.1) is 56.7 Å². The van der Waals surface area contributed by atoms with Gasteiger partial charge in [0.1, 0.15) is 0 Å². The van der Waals surface area contributed by atoms with Crippen molar-refractivity contribution in [1.29, 1.82) is 0 Å². The number of fused-ring (bicyclic) bond motifs is 7. The van der Waals surface area contributed by atoms with Gasteiger partial charge in [-0.3, -0.25) is 14.5 Å². The molecule has 0 radical (unpaired) electrons. The maximum atomic E-state index is 14.9. The van der Waals surface area contributed by atoms with Crippen molar-refractivity contribution in [2.24, 2.45) is 56.7 Å². The quantitative estimate of drug-likeness (QED) is 0.332. The average Bonchev–Trinajstić information content (AvgIpc) is 3.70. The van der Waals surface area contributed by atoms with Crippen molar-refractivity contribution in [1.82, 2.24) is 9.80 Å². The molecule has 1 amide bonds. The molecule has 2 heterocycles. The number of likely N-dealkylation sites (tertiary alicyclic amines) is 2. The van der Waals surface area contributed by atoms with Crippen LogP contribution in [0.3, 0.4) is 0 Å². The molecule has 7 aliphatic rings. The maximum absolute atomic E-state index is 14.9. The Bertz CT molecular complexity index is 1210. The van der Waals surface area contributed by atoms with Crippen molar-refractivity contribution in [2.75, 3.05) is 26.2 Å². The lowest BCUT2D eigenvalue weighted by Crippen LogP contribution is -2.65. The van der Waals surface area contributed by atoms with Gasteiger partial charge in [0.2, 0.25) is 5.91 Å². The molecular weight excluding hydrogens is 528 g/mol. The highest BCUT2D eigenvalue weighted by molar-refractivity contribution is 6.07. The number of hydrogen-bond acceptors (Lipinski definition) is 3. The molecule has 0 aromatic rings. The summed E-state index contributed by atoms with van der Waals surface area (Å²) >= 11 is 0. The van der Waals surface area contributed by atoms with Gasteiger partial charge < -0.3 is 4.90 Å². The van der Waals surface area contributed by atoms with Crippen molar-refractivity contribution in [2.45, 2.75) is 138 Å². The third-order valence-electron chi connectivity index (χ3n) is 16.5. The zero-order chi connectivity index (χ0) is 30.7. The van der Waals surface area contributed by atoms with Gasteiger partial charge >= 0.3 is 0 Å². The average molecular weight is 591 g/mol. The molecule has 43 heavy (non-hydrogen) atoms. The van der Waals surface area contributed by atoms with Gasteiger partial charge in [-0.05, 0) is 146 Å². The van der Waals surface area contributed by atoms with Crippen molar-refractivity contribution in [3.8, 4) is 0 Å². The smallest absolute Gasteiger partial charge is 0.233 e. The second-order valence-electron chi connectivity index (χ2n) is 18.5. The van der Waals surface area contributed by atoms with Crippen LogP contribution < -0.4 is 0 Å². The van der Waals surface area contributed by atoms with Crippen LogP contribution in [0.4, 0.5) is 0 Å². The number of Topliss-reactive ketones (excluding diaryl/α,β-unsaturated/α-hetero) is 1. The number of allylic oxidation sites excluding steroid dienone is 1. The molecule has 6 fully saturated rings. The first-order chi connectivity index (χ1) is 20.2. The first-order valence-electron chi connectivity index (χ1n) is 18.5. The molecule has 4 nitrogen and oxygen atoms in total. The summed E-state index contributed by atoms with van der Waals surface area (Å²) in [7, 11) is 0. The summed E-state index contributed by atoms with van der Waals surface area (Å²) in [5, 5.41) is 0. The summed E-state index contributed by atoms with van der Waals surface area (Å²) in [6, 6.07) is 0.513. The number of amides is 1. The van der Waals surface area contributed by atoms with Gasteiger partial charge in [0.25, 0.3) is 0 Å². The highest BCUT2D eigenvalue weighted by Gasteiger charge is 2.71. The molecule has 4 saturated carbocycles. The van der Waals surface area contributed by atoms with Gasteiger partial charge in [0.05, 0.1) is 5.41 Å². The van der Waals surface area contributed by atoms with E-state index >= 15 is 0 Å². The zero-order valence-electron chi connectivity index (χ0n) is 29.0. The van der Waals surface area contributed by atoms with E-state index in [1.165, 1.54) is 70.0 Å². The monoisotopic (exact) mass is 590 g/mol. The van der Waals surface area contributed by atoms with Crippen LogP contribution in [0.2, 0.25) is 0 Å². The molecule has 9 atom stereocenters. The summed E-state index contributed by atoms with van der Waals surface area (Å²) in [6.45, 7) is 24.2. The predicted molar refractivity (Wildman–Crippen MR) is 174 cm³/mol. The van der Waals surface area contributed by atoms with E-state index in [-0.39, 0.29) is 16.7 Å². The topological polar surface area (TPSA) is 40.6 Å². The molecule has 0 unspecified atom stereocenters. The summed E-state index contributed by atoms with van der Waals surface area (Å²) in [5.74, 6) is 3.49. The van der Waals surface area contributed by atoms with Crippen LogP contribution in [0.1, 0.15) is 132 Å². The van der Waals surface area contributed by atoms with E-state index in [1.807, 2.05) is 0 Å². The predicted octanol–water partition coefficient (Wildman–Crippen LogP) is 8.30. The molecule has 0 spiro atoms. The summed E-state index contributed by atoms with van der Waals surface area (Å²) in [6.07, 6.45) is 13.9. The standard InChI is InChI=1S/C39H62N2O2/c1-25(2)32-29(42)23-39(34(43)41-22-15-27(24-41)40-20-9-10-21-40)19-18-37(7)28(33(32)39)11-12-31-36(6)16-13-26(3)35(4,5)30(36)14-17-38(31,37)8/h25-28,30-31H,9-24H2,1-8H3/t26-,27+,28+,30-,31+,36-,37+,38+,39+/m0/s1. The van der Waals surface area contributed by atoms with E-state index in [2.05, 4.69) is 65.2 Å². The summed E-state index contributed by atoms with van der Waals surface area (Å²) in [5.41, 5.74) is 3.02. The Kier molecular flexibility index (Phi) is 7.03. The van der Waals surface area contributed by atoms with E-state index in [0.717, 1.165) is 55.7 Å². The lowest BCUT2D eigenvalue weighted by Gasteiger charge is -2.72. The number of carbonyl (C=O) groups excluding carboxylic acids is 2. The maximum Gasteiger partial charge on any atom is 0.233 e. The Morgan fingerprint density at radius 1 is 0.814 bits per heavy atom. The molecule has 0 aromatic heterocycles. The fourth-order valence-corrected chi connectivity index (χ4v) is 13.7. The molecule has 2 aliphatic heterocycles. The summed E-state index contributed by atoms with van der Waals surface area (Å²) in [4.78, 5) is 33.8. The second-order valence-corrected chi connectivity index (χ2v) is 18.5. The molecule has 0 aromatic carbocycles. The zero-order valence-corrected chi connectivity index (χ0v) is 29.0. The van der Waals surface area contributed by atoms with Crippen LogP contribution in [0.5, 0.6) is 0 Å². The Labute approximate surface area is 263 Å². The Balaban J connectivity index is 1.25. The third kappa shape index (κ3) is 3.95. The summed E-state index contributed by atoms with van der Waals surface area (Å²) < 4.78 is 0. The SMILES string of the molecule is CC(C)C1=C2[C@H]3CC[C@@H]4[C@@]5(C)CC[C@H](C)C(C)(C)[C@@H]5CC[C@@]4(C)[C@]3(C)CC[C@@]2(C(=O)N2CC[C@@H](N3CCCC3)C2)CC1=O. The van der Waals surface area contributed by atoms with Crippen molar-refractivity contribution in [3.63, 3.8) is 0 Å².